The highest BCUT2D eigenvalue weighted by molar-refractivity contribution is 6.39. The minimum atomic E-state index is -0.911. The molecular weight excluding hydrogens is 434 g/mol. The Morgan fingerprint density at radius 2 is 1.56 bits per heavy atom. The van der Waals surface area contributed by atoms with Gasteiger partial charge in [0.05, 0.1) is 18.9 Å². The summed E-state index contributed by atoms with van der Waals surface area (Å²) in [4.78, 5) is 36.6. The van der Waals surface area contributed by atoms with Crippen molar-refractivity contribution in [2.75, 3.05) is 12.4 Å². The van der Waals surface area contributed by atoms with Crippen LogP contribution in [0, 0.1) is 20.8 Å². The van der Waals surface area contributed by atoms with Gasteiger partial charge in [-0.2, -0.15) is 5.10 Å². The zero-order valence-electron chi connectivity index (χ0n) is 19.3. The van der Waals surface area contributed by atoms with Crippen LogP contribution >= 0.6 is 0 Å². The van der Waals surface area contributed by atoms with Gasteiger partial charge >= 0.3 is 17.8 Å². The van der Waals surface area contributed by atoms with Crippen molar-refractivity contribution in [3.8, 4) is 11.5 Å². The number of nitrogens with one attached hydrogen (secondary N) is 2. The lowest BCUT2D eigenvalue weighted by Gasteiger charge is -2.11. The van der Waals surface area contributed by atoms with Gasteiger partial charge in [-0.1, -0.05) is 24.3 Å². The van der Waals surface area contributed by atoms with Gasteiger partial charge in [0.15, 0.2) is 11.5 Å². The van der Waals surface area contributed by atoms with E-state index in [0.717, 1.165) is 16.7 Å². The molecule has 0 aliphatic heterocycles. The third kappa shape index (κ3) is 6.29. The number of methoxy groups -OCH3 is 1. The van der Waals surface area contributed by atoms with Crippen LogP contribution in [-0.2, 0) is 9.59 Å². The predicted molar refractivity (Wildman–Crippen MR) is 129 cm³/mol. The third-order valence-corrected chi connectivity index (χ3v) is 4.82. The second-order valence-corrected chi connectivity index (χ2v) is 7.64. The summed E-state index contributed by atoms with van der Waals surface area (Å²) in [6.45, 7) is 5.62. The molecule has 0 unspecified atom stereocenters. The van der Waals surface area contributed by atoms with Crippen LogP contribution < -0.4 is 20.2 Å². The minimum absolute atomic E-state index is 0.241. The normalized spacial score (nSPS) is 10.6. The second-order valence-electron chi connectivity index (χ2n) is 7.64. The summed E-state index contributed by atoms with van der Waals surface area (Å²) in [5.74, 6) is -1.70. The zero-order valence-corrected chi connectivity index (χ0v) is 19.3. The molecule has 8 nitrogen and oxygen atoms in total. The van der Waals surface area contributed by atoms with E-state index in [1.54, 1.807) is 42.5 Å². The molecule has 2 N–H and O–H groups in total. The highest BCUT2D eigenvalue weighted by Gasteiger charge is 2.15. The molecule has 0 bridgehead atoms. The van der Waals surface area contributed by atoms with E-state index in [0.29, 0.717) is 22.6 Å². The van der Waals surface area contributed by atoms with Crippen LogP contribution in [0.5, 0.6) is 11.5 Å². The molecular formula is C26H25N3O5. The Kier molecular flexibility index (Phi) is 7.76. The molecule has 0 aliphatic rings. The fraction of sp³-hybridized carbons (Fsp3) is 0.154. The first-order valence-corrected chi connectivity index (χ1v) is 10.5. The Balaban J connectivity index is 1.62. The third-order valence-electron chi connectivity index (χ3n) is 4.82. The van der Waals surface area contributed by atoms with Gasteiger partial charge in [0.2, 0.25) is 0 Å². The number of benzene rings is 3. The van der Waals surface area contributed by atoms with Gasteiger partial charge in [-0.15, -0.1) is 0 Å². The summed E-state index contributed by atoms with van der Waals surface area (Å²) in [6, 6.07) is 17.4. The smallest absolute Gasteiger partial charge is 0.343 e. The standard InChI is InChI=1S/C26H25N3O5/c1-16-11-17(2)13-20(12-16)28-24(30)25(31)29-27-15-19-9-10-22(23(14-19)33-4)34-26(32)21-8-6-5-7-18(21)3/h5-15H,1-4H3,(H,28,30)(H,29,31). The molecule has 0 atom stereocenters. The number of aryl methyl sites for hydroxylation is 3. The Hall–Kier alpha value is -4.46. The number of nitrogens with zero attached hydrogens (tertiary/aromatic N) is 1. The number of hydrogen-bond donors (Lipinski definition) is 2. The molecule has 2 amide bonds. The van der Waals surface area contributed by atoms with Crippen molar-refractivity contribution in [1.82, 2.24) is 5.43 Å². The lowest BCUT2D eigenvalue weighted by Crippen LogP contribution is -2.32. The van der Waals surface area contributed by atoms with Crippen LogP contribution in [0.25, 0.3) is 0 Å². The maximum atomic E-state index is 12.5. The molecule has 0 fully saturated rings. The molecule has 0 heterocycles. The maximum Gasteiger partial charge on any atom is 0.343 e. The van der Waals surface area contributed by atoms with E-state index in [9.17, 15) is 14.4 Å². The number of amides is 2. The van der Waals surface area contributed by atoms with E-state index in [1.807, 2.05) is 39.0 Å². The number of rotatable bonds is 6. The van der Waals surface area contributed by atoms with E-state index >= 15 is 0 Å². The van der Waals surface area contributed by atoms with Crippen molar-refractivity contribution < 1.29 is 23.9 Å². The van der Waals surface area contributed by atoms with E-state index < -0.39 is 17.8 Å². The summed E-state index contributed by atoms with van der Waals surface area (Å²) in [7, 11) is 1.44. The number of carbonyl (C=O) groups excluding carboxylic acids is 3. The minimum Gasteiger partial charge on any atom is -0.493 e. The lowest BCUT2D eigenvalue weighted by molar-refractivity contribution is -0.136. The van der Waals surface area contributed by atoms with Crippen molar-refractivity contribution >= 4 is 29.7 Å². The molecule has 174 valence electrons. The largest absolute Gasteiger partial charge is 0.493 e. The molecule has 3 aromatic rings. The van der Waals surface area contributed by atoms with Crippen LogP contribution in [-0.4, -0.2) is 31.1 Å². The molecule has 0 saturated heterocycles. The van der Waals surface area contributed by atoms with Crippen LogP contribution in [0.4, 0.5) is 5.69 Å². The molecule has 0 aliphatic carbocycles. The van der Waals surface area contributed by atoms with Crippen molar-refractivity contribution in [1.29, 1.82) is 0 Å². The number of anilines is 1. The second kappa shape index (κ2) is 10.9. The van der Waals surface area contributed by atoms with E-state index in [4.69, 9.17) is 9.47 Å². The highest BCUT2D eigenvalue weighted by Crippen LogP contribution is 2.28. The topological polar surface area (TPSA) is 106 Å². The van der Waals surface area contributed by atoms with Gasteiger partial charge in [-0.3, -0.25) is 9.59 Å². The molecule has 34 heavy (non-hydrogen) atoms. The highest BCUT2D eigenvalue weighted by atomic mass is 16.6. The summed E-state index contributed by atoms with van der Waals surface area (Å²) in [5.41, 5.74) is 6.46. The average molecular weight is 460 g/mol. The number of carbonyl (C=O) groups is 3. The average Bonchev–Trinajstić information content (AvgIpc) is 2.79. The summed E-state index contributed by atoms with van der Waals surface area (Å²) >= 11 is 0. The zero-order chi connectivity index (χ0) is 24.7. The Bertz CT molecular complexity index is 1250. The molecule has 0 saturated carbocycles. The first-order chi connectivity index (χ1) is 16.3. The van der Waals surface area contributed by atoms with E-state index in [-0.39, 0.29) is 5.75 Å². The van der Waals surface area contributed by atoms with E-state index in [2.05, 4.69) is 15.8 Å². The fourth-order valence-electron chi connectivity index (χ4n) is 3.26. The Labute approximate surface area is 197 Å². The molecule has 0 spiro atoms. The first kappa shape index (κ1) is 24.2. The molecule has 3 rings (SSSR count). The van der Waals surface area contributed by atoms with Gasteiger partial charge < -0.3 is 14.8 Å². The van der Waals surface area contributed by atoms with Crippen molar-refractivity contribution in [2.45, 2.75) is 20.8 Å². The van der Waals surface area contributed by atoms with Gasteiger partial charge in [-0.25, -0.2) is 10.2 Å². The first-order valence-electron chi connectivity index (χ1n) is 10.5. The van der Waals surface area contributed by atoms with Crippen molar-refractivity contribution in [2.24, 2.45) is 5.10 Å². The summed E-state index contributed by atoms with van der Waals surface area (Å²) < 4.78 is 10.8. The van der Waals surface area contributed by atoms with E-state index in [1.165, 1.54) is 13.3 Å². The number of ether oxygens (including phenoxy) is 2. The number of esters is 1. The lowest BCUT2D eigenvalue weighted by atomic mass is 10.1. The summed E-state index contributed by atoms with van der Waals surface area (Å²) in [5, 5.41) is 6.36. The van der Waals surface area contributed by atoms with Crippen LogP contribution in [0.1, 0.15) is 32.6 Å². The number of hydrogen-bond acceptors (Lipinski definition) is 6. The molecule has 3 aromatic carbocycles. The van der Waals surface area contributed by atoms with Gasteiger partial charge in [-0.05, 0) is 79.4 Å². The maximum absolute atomic E-state index is 12.5. The van der Waals surface area contributed by atoms with Crippen LogP contribution in [0.15, 0.2) is 65.8 Å². The monoisotopic (exact) mass is 459 g/mol. The molecule has 0 radical (unpaired) electrons. The Morgan fingerprint density at radius 3 is 2.24 bits per heavy atom. The Morgan fingerprint density at radius 1 is 0.853 bits per heavy atom. The van der Waals surface area contributed by atoms with Crippen LogP contribution in [0.3, 0.4) is 0 Å². The fourth-order valence-corrected chi connectivity index (χ4v) is 3.26. The number of hydrazone groups is 1. The van der Waals surface area contributed by atoms with Crippen molar-refractivity contribution in [3.05, 3.63) is 88.5 Å². The van der Waals surface area contributed by atoms with Gasteiger partial charge in [0, 0.05) is 5.69 Å². The van der Waals surface area contributed by atoms with Crippen molar-refractivity contribution in [3.63, 3.8) is 0 Å². The van der Waals surface area contributed by atoms with Gasteiger partial charge in [0.25, 0.3) is 0 Å². The predicted octanol–water partition coefficient (Wildman–Crippen LogP) is 3.93. The molecule has 0 aromatic heterocycles. The quantitative estimate of drug-likeness (QED) is 0.191. The summed E-state index contributed by atoms with van der Waals surface area (Å²) in [6.07, 6.45) is 1.34. The molecule has 8 heteroatoms. The van der Waals surface area contributed by atoms with Crippen LogP contribution in [0.2, 0.25) is 0 Å². The SMILES string of the molecule is COc1cc(C=NNC(=O)C(=O)Nc2cc(C)cc(C)c2)ccc1OC(=O)c1ccccc1C. The van der Waals surface area contributed by atoms with Gasteiger partial charge in [0.1, 0.15) is 0 Å².